The van der Waals surface area contributed by atoms with Crippen molar-refractivity contribution in [3.05, 3.63) is 29.8 Å². The molecule has 1 aromatic rings. The van der Waals surface area contributed by atoms with Gasteiger partial charge in [-0.1, -0.05) is 12.1 Å². The van der Waals surface area contributed by atoms with Crippen molar-refractivity contribution in [3.63, 3.8) is 0 Å². The second kappa shape index (κ2) is 7.69. The number of hydrogen-bond acceptors (Lipinski definition) is 3. The van der Waals surface area contributed by atoms with Gasteiger partial charge in [0.15, 0.2) is 0 Å². The van der Waals surface area contributed by atoms with Crippen molar-refractivity contribution in [1.29, 1.82) is 0 Å². The highest BCUT2D eigenvalue weighted by Crippen LogP contribution is 2.37. The van der Waals surface area contributed by atoms with Gasteiger partial charge in [-0.2, -0.15) is 13.2 Å². The maximum Gasteiger partial charge on any atom is 0.418 e. The van der Waals surface area contributed by atoms with Crippen molar-refractivity contribution < 1.29 is 27.6 Å². The summed E-state index contributed by atoms with van der Waals surface area (Å²) in [4.78, 5) is 38.9. The van der Waals surface area contributed by atoms with Crippen LogP contribution < -0.4 is 16.0 Å². The minimum atomic E-state index is -4.58. The van der Waals surface area contributed by atoms with Gasteiger partial charge in [-0.05, 0) is 31.4 Å². The molecule has 10 heteroatoms. The number of carbonyl (C=O) groups excluding carboxylic acids is 3. The van der Waals surface area contributed by atoms with Gasteiger partial charge in [0.1, 0.15) is 6.04 Å². The second-order valence-corrected chi connectivity index (χ2v) is 6.98. The number of nitrogens with zero attached hydrogens (tertiary/aromatic N) is 2. The van der Waals surface area contributed by atoms with Crippen LogP contribution in [0.4, 0.5) is 23.7 Å². The predicted octanol–water partition coefficient (Wildman–Crippen LogP) is 1.72. The zero-order valence-electron chi connectivity index (χ0n) is 15.0. The van der Waals surface area contributed by atoms with Gasteiger partial charge in [0.2, 0.25) is 11.8 Å². The van der Waals surface area contributed by atoms with Crippen molar-refractivity contribution in [3.8, 4) is 0 Å². The molecule has 2 aliphatic heterocycles. The topological polar surface area (TPSA) is 95.7 Å². The average molecular weight is 398 g/mol. The number of alkyl halides is 3. The van der Waals surface area contributed by atoms with Gasteiger partial charge in [-0.25, -0.2) is 4.79 Å². The van der Waals surface area contributed by atoms with Crippen LogP contribution in [-0.2, 0) is 15.8 Å². The third-order valence-electron chi connectivity index (χ3n) is 5.13. The number of likely N-dealkylation sites (tertiary alicyclic amines) is 1. The number of nitrogens with one attached hydrogen (secondary N) is 1. The van der Waals surface area contributed by atoms with E-state index in [0.29, 0.717) is 19.4 Å². The number of hydrogen-bond donors (Lipinski definition) is 2. The van der Waals surface area contributed by atoms with Crippen molar-refractivity contribution >= 4 is 23.5 Å². The van der Waals surface area contributed by atoms with Gasteiger partial charge in [0, 0.05) is 19.6 Å². The summed E-state index contributed by atoms with van der Waals surface area (Å²) in [5.74, 6) is -1.46. The number of carbonyl (C=O) groups is 3. The molecular weight excluding hydrogens is 377 g/mol. The zero-order valence-corrected chi connectivity index (χ0v) is 15.0. The van der Waals surface area contributed by atoms with Crippen LogP contribution in [0.25, 0.3) is 0 Å². The average Bonchev–Trinajstić information content (AvgIpc) is 3.01. The van der Waals surface area contributed by atoms with Gasteiger partial charge < -0.3 is 20.9 Å². The Morgan fingerprint density at radius 3 is 2.54 bits per heavy atom. The first kappa shape index (κ1) is 20.0. The third kappa shape index (κ3) is 4.05. The minimum Gasteiger partial charge on any atom is -0.351 e. The highest BCUT2D eigenvalue weighted by atomic mass is 19.4. The molecule has 2 heterocycles. The van der Waals surface area contributed by atoms with E-state index in [1.807, 2.05) is 0 Å². The maximum atomic E-state index is 13.2. The fraction of sp³-hybridized carbons (Fsp3) is 0.500. The fourth-order valence-corrected chi connectivity index (χ4v) is 3.68. The molecule has 0 radical (unpaired) electrons. The molecule has 0 bridgehead atoms. The molecule has 2 unspecified atom stereocenters. The van der Waals surface area contributed by atoms with Crippen LogP contribution >= 0.6 is 0 Å². The molecule has 2 aliphatic rings. The molecule has 4 amide bonds. The molecule has 2 saturated heterocycles. The first-order valence-corrected chi connectivity index (χ1v) is 9.01. The van der Waals surface area contributed by atoms with E-state index in [2.05, 4.69) is 5.32 Å². The van der Waals surface area contributed by atoms with Gasteiger partial charge >= 0.3 is 12.2 Å². The molecule has 1 aromatic carbocycles. The molecule has 3 rings (SSSR count). The van der Waals surface area contributed by atoms with E-state index in [0.717, 1.165) is 11.0 Å². The van der Waals surface area contributed by atoms with E-state index in [4.69, 9.17) is 5.73 Å². The van der Waals surface area contributed by atoms with E-state index >= 15 is 0 Å². The van der Waals surface area contributed by atoms with Gasteiger partial charge in [-0.3, -0.25) is 9.59 Å². The molecule has 2 atom stereocenters. The van der Waals surface area contributed by atoms with Crippen LogP contribution in [0.1, 0.15) is 24.8 Å². The van der Waals surface area contributed by atoms with Crippen LogP contribution in [0.3, 0.4) is 0 Å². The fourth-order valence-electron chi connectivity index (χ4n) is 3.68. The van der Waals surface area contributed by atoms with Crippen molar-refractivity contribution in [2.45, 2.75) is 31.5 Å². The van der Waals surface area contributed by atoms with Crippen LogP contribution in [0.15, 0.2) is 24.3 Å². The molecule has 0 saturated carbocycles. The quantitative estimate of drug-likeness (QED) is 0.812. The Kier molecular flexibility index (Phi) is 5.48. The Bertz CT molecular complexity index is 784. The smallest absolute Gasteiger partial charge is 0.351 e. The van der Waals surface area contributed by atoms with Crippen LogP contribution in [0, 0.1) is 5.92 Å². The molecule has 0 spiro atoms. The summed E-state index contributed by atoms with van der Waals surface area (Å²) in [6, 6.07) is 3.37. The van der Waals surface area contributed by atoms with Gasteiger partial charge in [0.25, 0.3) is 0 Å². The standard InChI is InChI=1S/C18H21F3N4O3/c19-18(20,21)12-5-1-2-6-14(12)25-9-7-13(16(25)27)23-15(26)11-4-3-8-24(10-11)17(22)28/h1-2,5-6,11,13H,3-4,7-10H2,(H2,22,28)(H,23,26). The second-order valence-electron chi connectivity index (χ2n) is 6.98. The molecule has 0 aliphatic carbocycles. The van der Waals surface area contributed by atoms with Crippen molar-refractivity contribution in [2.24, 2.45) is 11.7 Å². The molecule has 2 fully saturated rings. The molecule has 3 N–H and O–H groups in total. The number of para-hydroxylation sites is 1. The first-order valence-electron chi connectivity index (χ1n) is 9.01. The molecule has 7 nitrogen and oxygen atoms in total. The first-order chi connectivity index (χ1) is 13.2. The number of halogens is 3. The lowest BCUT2D eigenvalue weighted by molar-refractivity contribution is -0.137. The van der Waals surface area contributed by atoms with Gasteiger partial charge in [0.05, 0.1) is 17.2 Å². The number of amides is 4. The van der Waals surface area contributed by atoms with Crippen molar-refractivity contribution in [1.82, 2.24) is 10.2 Å². The Morgan fingerprint density at radius 2 is 1.86 bits per heavy atom. The van der Waals surface area contributed by atoms with E-state index in [9.17, 15) is 27.6 Å². The highest BCUT2D eigenvalue weighted by Gasteiger charge is 2.40. The lowest BCUT2D eigenvalue weighted by Crippen LogP contribution is -2.50. The van der Waals surface area contributed by atoms with Crippen molar-refractivity contribution in [2.75, 3.05) is 24.5 Å². The number of anilines is 1. The SMILES string of the molecule is NC(=O)N1CCCC(C(=O)NC2CCN(c3ccccc3C(F)(F)F)C2=O)C1. The predicted molar refractivity (Wildman–Crippen MR) is 94.2 cm³/mol. The minimum absolute atomic E-state index is 0.0783. The lowest BCUT2D eigenvalue weighted by Gasteiger charge is -2.31. The van der Waals surface area contributed by atoms with E-state index in [-0.39, 0.29) is 25.2 Å². The Balaban J connectivity index is 1.68. The highest BCUT2D eigenvalue weighted by molar-refractivity contribution is 6.02. The Morgan fingerprint density at radius 1 is 1.14 bits per heavy atom. The number of primary amides is 1. The third-order valence-corrected chi connectivity index (χ3v) is 5.13. The number of nitrogens with two attached hydrogens (primary N) is 1. The summed E-state index contributed by atoms with van der Waals surface area (Å²) in [5.41, 5.74) is 4.15. The molecule has 152 valence electrons. The van der Waals surface area contributed by atoms with E-state index < -0.39 is 41.5 Å². The zero-order chi connectivity index (χ0) is 20.5. The largest absolute Gasteiger partial charge is 0.418 e. The summed E-state index contributed by atoms with van der Waals surface area (Å²) in [7, 11) is 0. The molecule has 0 aromatic heterocycles. The summed E-state index contributed by atoms with van der Waals surface area (Å²) in [5, 5.41) is 2.63. The van der Waals surface area contributed by atoms with Crippen LogP contribution in [0.5, 0.6) is 0 Å². The van der Waals surface area contributed by atoms with Crippen LogP contribution in [0.2, 0.25) is 0 Å². The number of piperidine rings is 1. The monoisotopic (exact) mass is 398 g/mol. The summed E-state index contributed by atoms with van der Waals surface area (Å²) >= 11 is 0. The summed E-state index contributed by atoms with van der Waals surface area (Å²) in [6.07, 6.45) is -3.20. The van der Waals surface area contributed by atoms with E-state index in [1.54, 1.807) is 0 Å². The Labute approximate surface area is 159 Å². The van der Waals surface area contributed by atoms with E-state index in [1.165, 1.54) is 23.1 Å². The van der Waals surface area contributed by atoms with Crippen LogP contribution in [-0.4, -0.2) is 48.4 Å². The van der Waals surface area contributed by atoms with Gasteiger partial charge in [-0.15, -0.1) is 0 Å². The normalized spacial score (nSPS) is 23.0. The number of benzene rings is 1. The summed E-state index contributed by atoms with van der Waals surface area (Å²) < 4.78 is 39.7. The number of urea groups is 1. The molecular formula is C18H21F3N4O3. The summed E-state index contributed by atoms with van der Waals surface area (Å²) in [6.45, 7) is 0.723. The number of rotatable bonds is 3. The lowest BCUT2D eigenvalue weighted by atomic mass is 9.97. The molecule has 28 heavy (non-hydrogen) atoms. The maximum absolute atomic E-state index is 13.2. The Hall–Kier alpha value is -2.78.